The number of alkyl halides is 1. The van der Waals surface area contributed by atoms with E-state index in [0.717, 1.165) is 38.3 Å². The molecule has 4 unspecified atom stereocenters. The number of fused-ring (bicyclic) bond motifs is 7. The SMILES string of the molecule is O=c1cc(-c2nc3c4c(nc(OCC56CCCN5C[C@H](F)C6)nc4c2F)N2CC4CCC(N4)C2CO3)c2c(F)cccc2[nH]1. The van der Waals surface area contributed by atoms with Gasteiger partial charge < -0.3 is 24.7 Å². The van der Waals surface area contributed by atoms with Crippen molar-refractivity contribution >= 4 is 27.6 Å². The fourth-order valence-electron chi connectivity index (χ4n) is 8.27. The molecule has 228 valence electrons. The van der Waals surface area contributed by atoms with Crippen molar-refractivity contribution < 1.29 is 22.6 Å². The second-order valence-electron chi connectivity index (χ2n) is 12.8. The van der Waals surface area contributed by atoms with E-state index in [1.54, 1.807) is 6.07 Å². The molecule has 1 aromatic carbocycles. The number of nitrogens with zero attached hydrogens (tertiary/aromatic N) is 5. The van der Waals surface area contributed by atoms with Crippen molar-refractivity contribution in [1.29, 1.82) is 0 Å². The number of aromatic amines is 1. The number of halogens is 3. The van der Waals surface area contributed by atoms with E-state index in [2.05, 4.69) is 30.1 Å². The molecule has 9 rings (SSSR count). The van der Waals surface area contributed by atoms with Gasteiger partial charge in [-0.2, -0.15) is 9.97 Å². The summed E-state index contributed by atoms with van der Waals surface area (Å²) in [6.45, 7) is 2.28. The van der Waals surface area contributed by atoms with Crippen molar-refractivity contribution in [2.75, 3.05) is 37.7 Å². The molecule has 5 aliphatic heterocycles. The highest BCUT2D eigenvalue weighted by Gasteiger charge is 2.50. The maximum Gasteiger partial charge on any atom is 0.319 e. The maximum absolute atomic E-state index is 16.8. The Morgan fingerprint density at radius 3 is 2.95 bits per heavy atom. The third-order valence-electron chi connectivity index (χ3n) is 10.2. The lowest BCUT2D eigenvalue weighted by atomic mass is 9.95. The summed E-state index contributed by atoms with van der Waals surface area (Å²) in [5, 5.41) is 3.99. The molecule has 0 radical (unpaired) electrons. The first-order valence-corrected chi connectivity index (χ1v) is 15.3. The predicted octanol–water partition coefficient (Wildman–Crippen LogP) is 3.47. The number of nitrogens with one attached hydrogen (secondary N) is 2. The number of anilines is 1. The standard InChI is InChI=1S/C31H30F3N7O3/c32-15-10-31(7-2-8-40(31)11-15)14-44-30-38-27-24-28(39-30)41-12-16-5-6-19(35-16)21(41)13-43-29(24)37-26(25(27)34)17-9-22(42)36-20-4-1-3-18(33)23(17)20/h1,3-4,9,15-16,19,21,35H,2,5-8,10-14H2,(H,36,42)/t15-,16?,19?,21?,31?/m1/s1. The lowest BCUT2D eigenvalue weighted by molar-refractivity contribution is 0.107. The van der Waals surface area contributed by atoms with Gasteiger partial charge in [-0.05, 0) is 44.4 Å². The molecule has 0 amide bonds. The molecular formula is C31H30F3N7O3. The number of ether oxygens (including phenoxy) is 2. The fraction of sp³-hybridized carbons (Fsp3) is 0.484. The fourth-order valence-corrected chi connectivity index (χ4v) is 8.27. The summed E-state index contributed by atoms with van der Waals surface area (Å²) < 4.78 is 58.9. The smallest absolute Gasteiger partial charge is 0.319 e. The van der Waals surface area contributed by atoms with Gasteiger partial charge in [-0.15, -0.1) is 0 Å². The second-order valence-corrected chi connectivity index (χ2v) is 12.8. The number of aromatic nitrogens is 4. The minimum atomic E-state index is -0.923. The van der Waals surface area contributed by atoms with E-state index in [4.69, 9.17) is 14.5 Å². The first-order chi connectivity index (χ1) is 21.4. The van der Waals surface area contributed by atoms with Crippen LogP contribution in [0, 0.1) is 11.6 Å². The molecule has 5 atom stereocenters. The van der Waals surface area contributed by atoms with Gasteiger partial charge in [-0.1, -0.05) is 6.07 Å². The van der Waals surface area contributed by atoms with Gasteiger partial charge in [-0.25, -0.2) is 18.2 Å². The maximum atomic E-state index is 16.8. The number of hydrogen-bond acceptors (Lipinski definition) is 9. The lowest BCUT2D eigenvalue weighted by Crippen LogP contribution is -2.60. The Labute approximate surface area is 249 Å². The van der Waals surface area contributed by atoms with E-state index in [0.29, 0.717) is 30.7 Å². The lowest BCUT2D eigenvalue weighted by Gasteiger charge is -2.40. The number of pyridine rings is 2. The van der Waals surface area contributed by atoms with Crippen LogP contribution in [-0.2, 0) is 0 Å². The number of rotatable bonds is 4. The van der Waals surface area contributed by atoms with E-state index in [1.165, 1.54) is 12.1 Å². The molecule has 8 heterocycles. The van der Waals surface area contributed by atoms with Crippen LogP contribution in [0.2, 0.25) is 0 Å². The molecule has 0 saturated carbocycles. The Morgan fingerprint density at radius 2 is 2.05 bits per heavy atom. The average Bonchev–Trinajstić information content (AvgIpc) is 3.64. The summed E-state index contributed by atoms with van der Waals surface area (Å²) in [6, 6.07) is 5.70. The van der Waals surface area contributed by atoms with Crippen molar-refractivity contribution in [1.82, 2.24) is 30.2 Å². The number of piperazine rings is 1. The van der Waals surface area contributed by atoms with Crippen LogP contribution >= 0.6 is 0 Å². The molecule has 3 aromatic heterocycles. The van der Waals surface area contributed by atoms with Crippen LogP contribution in [-0.4, -0.2) is 87.5 Å². The highest BCUT2D eigenvalue weighted by Crippen LogP contribution is 2.44. The Hall–Kier alpha value is -3.97. The van der Waals surface area contributed by atoms with Gasteiger partial charge in [0.2, 0.25) is 11.4 Å². The van der Waals surface area contributed by atoms with Crippen LogP contribution in [0.5, 0.6) is 11.9 Å². The normalized spacial score (nSPS) is 29.1. The van der Waals surface area contributed by atoms with Crippen LogP contribution in [0.3, 0.4) is 0 Å². The Bertz CT molecular complexity index is 1910. The van der Waals surface area contributed by atoms with Crippen molar-refractivity contribution in [3.63, 3.8) is 0 Å². The van der Waals surface area contributed by atoms with Crippen molar-refractivity contribution in [3.05, 3.63) is 46.3 Å². The summed E-state index contributed by atoms with van der Waals surface area (Å²) in [6.07, 6.45) is 3.19. The summed E-state index contributed by atoms with van der Waals surface area (Å²) in [4.78, 5) is 33.5. The molecule has 2 N–H and O–H groups in total. The minimum absolute atomic E-state index is 0.00754. The molecule has 0 aliphatic carbocycles. The molecule has 0 spiro atoms. The van der Waals surface area contributed by atoms with Gasteiger partial charge in [0.05, 0.1) is 17.1 Å². The van der Waals surface area contributed by atoms with E-state index in [1.807, 2.05) is 0 Å². The molecule has 4 aromatic rings. The van der Waals surface area contributed by atoms with Gasteiger partial charge in [0, 0.05) is 48.6 Å². The molecule has 13 heteroatoms. The van der Waals surface area contributed by atoms with Gasteiger partial charge in [0.15, 0.2) is 5.82 Å². The molecule has 2 bridgehead atoms. The molecule has 4 fully saturated rings. The average molecular weight is 606 g/mol. The predicted molar refractivity (Wildman–Crippen MR) is 156 cm³/mol. The molecule has 4 saturated heterocycles. The van der Waals surface area contributed by atoms with Crippen LogP contribution < -0.4 is 25.2 Å². The van der Waals surface area contributed by atoms with Crippen molar-refractivity contribution in [3.8, 4) is 23.1 Å². The zero-order chi connectivity index (χ0) is 29.7. The Morgan fingerprint density at radius 1 is 1.14 bits per heavy atom. The van der Waals surface area contributed by atoms with Crippen LogP contribution in [0.4, 0.5) is 19.0 Å². The van der Waals surface area contributed by atoms with E-state index in [9.17, 15) is 9.18 Å². The summed E-state index contributed by atoms with van der Waals surface area (Å²) >= 11 is 0. The molecule has 5 aliphatic rings. The number of hydrogen-bond donors (Lipinski definition) is 2. The quantitative estimate of drug-likeness (QED) is 0.362. The molecular weight excluding hydrogens is 575 g/mol. The monoisotopic (exact) mass is 605 g/mol. The third-order valence-corrected chi connectivity index (χ3v) is 10.2. The largest absolute Gasteiger partial charge is 0.475 e. The highest BCUT2D eigenvalue weighted by molar-refractivity contribution is 6.00. The second kappa shape index (κ2) is 9.51. The van der Waals surface area contributed by atoms with Crippen LogP contribution in [0.15, 0.2) is 29.1 Å². The van der Waals surface area contributed by atoms with Crippen molar-refractivity contribution in [2.24, 2.45) is 0 Å². The van der Waals surface area contributed by atoms with Gasteiger partial charge in [0.25, 0.3) is 0 Å². The molecule has 44 heavy (non-hydrogen) atoms. The zero-order valence-electron chi connectivity index (χ0n) is 23.8. The van der Waals surface area contributed by atoms with Crippen molar-refractivity contribution in [2.45, 2.75) is 61.9 Å². The Kier molecular flexibility index (Phi) is 5.72. The summed E-state index contributed by atoms with van der Waals surface area (Å²) in [5.41, 5.74) is -1.10. The van der Waals surface area contributed by atoms with Gasteiger partial charge >= 0.3 is 6.01 Å². The number of H-pyrrole nitrogens is 1. The van der Waals surface area contributed by atoms with Gasteiger partial charge in [0.1, 0.15) is 47.6 Å². The first-order valence-electron chi connectivity index (χ1n) is 15.3. The first kappa shape index (κ1) is 26.4. The van der Waals surface area contributed by atoms with Gasteiger partial charge in [-0.3, -0.25) is 9.69 Å². The van der Waals surface area contributed by atoms with E-state index < -0.39 is 28.9 Å². The molecule has 10 nitrogen and oxygen atoms in total. The summed E-state index contributed by atoms with van der Waals surface area (Å²) in [5.74, 6) is -0.879. The van der Waals surface area contributed by atoms with Crippen LogP contribution in [0.1, 0.15) is 32.1 Å². The third kappa shape index (κ3) is 3.87. The highest BCUT2D eigenvalue weighted by atomic mass is 19.1. The van der Waals surface area contributed by atoms with E-state index >= 15 is 8.78 Å². The summed E-state index contributed by atoms with van der Waals surface area (Å²) in [7, 11) is 0. The number of benzene rings is 1. The Balaban J connectivity index is 1.24. The zero-order valence-corrected chi connectivity index (χ0v) is 23.8. The van der Waals surface area contributed by atoms with E-state index in [-0.39, 0.29) is 70.9 Å². The van der Waals surface area contributed by atoms with Crippen LogP contribution in [0.25, 0.3) is 33.1 Å². The topological polar surface area (TPSA) is 108 Å². The minimum Gasteiger partial charge on any atom is -0.475 e.